The summed E-state index contributed by atoms with van der Waals surface area (Å²) in [6, 6.07) is 6.63. The summed E-state index contributed by atoms with van der Waals surface area (Å²) < 4.78 is 20.0. The number of hydrogen-bond donors (Lipinski definition) is 1. The summed E-state index contributed by atoms with van der Waals surface area (Å²) in [5.74, 6) is -0.438. The van der Waals surface area contributed by atoms with E-state index in [0.717, 1.165) is 10.5 Å². The van der Waals surface area contributed by atoms with E-state index in [1.54, 1.807) is 25.1 Å². The zero-order valence-electron chi connectivity index (χ0n) is 16.2. The summed E-state index contributed by atoms with van der Waals surface area (Å²) in [5.41, 5.74) is 1.89. The molecule has 1 atom stereocenters. The van der Waals surface area contributed by atoms with Crippen LogP contribution < -0.4 is 9.80 Å². The first-order chi connectivity index (χ1) is 13.9. The first-order valence-corrected chi connectivity index (χ1v) is 9.51. The normalized spacial score (nSPS) is 19.0. The Morgan fingerprint density at radius 3 is 2.76 bits per heavy atom. The summed E-state index contributed by atoms with van der Waals surface area (Å²) in [4.78, 5) is 27.7. The van der Waals surface area contributed by atoms with Crippen molar-refractivity contribution in [3.63, 3.8) is 0 Å². The molecule has 1 unspecified atom stereocenters. The number of likely N-dealkylation sites (N-methyl/N-ethyl adjacent to an activating group) is 1. The Hall–Kier alpha value is -3.28. The third-order valence-electron chi connectivity index (χ3n) is 5.21. The Labute approximate surface area is 168 Å². The van der Waals surface area contributed by atoms with Gasteiger partial charge in [-0.1, -0.05) is 5.57 Å². The van der Waals surface area contributed by atoms with Crippen LogP contribution in [-0.2, 0) is 4.74 Å². The molecule has 2 fully saturated rings. The van der Waals surface area contributed by atoms with Gasteiger partial charge in [0, 0.05) is 25.7 Å². The zero-order chi connectivity index (χ0) is 21.0. The van der Waals surface area contributed by atoms with Gasteiger partial charge in [0.2, 0.25) is 0 Å². The summed E-state index contributed by atoms with van der Waals surface area (Å²) in [7, 11) is 0. The van der Waals surface area contributed by atoms with Crippen molar-refractivity contribution in [3.8, 4) is 6.07 Å². The second kappa shape index (κ2) is 8.82. The number of carbonyl (C=O) groups excluding carboxylic acids is 1. The Kier molecular flexibility index (Phi) is 6.22. The lowest BCUT2D eigenvalue weighted by Gasteiger charge is -2.30. The molecule has 0 saturated carbocycles. The lowest BCUT2D eigenvalue weighted by Crippen LogP contribution is -2.38. The minimum atomic E-state index is -1.08. The van der Waals surface area contributed by atoms with Gasteiger partial charge < -0.3 is 19.6 Å². The number of ether oxygens (including phenoxy) is 1. The topological polar surface area (TPSA) is 97.1 Å². The first kappa shape index (κ1) is 20.5. The molecule has 8 nitrogen and oxygen atoms in total. The van der Waals surface area contributed by atoms with Crippen molar-refractivity contribution in [3.05, 3.63) is 35.7 Å². The molecule has 1 aromatic rings. The van der Waals surface area contributed by atoms with Gasteiger partial charge in [-0.15, -0.1) is 0 Å². The van der Waals surface area contributed by atoms with Crippen molar-refractivity contribution in [2.45, 2.75) is 25.9 Å². The molecule has 0 radical (unpaired) electrons. The van der Waals surface area contributed by atoms with E-state index in [2.05, 4.69) is 0 Å². The predicted molar refractivity (Wildman–Crippen MR) is 104 cm³/mol. The smallest absolute Gasteiger partial charge is 0.414 e. The summed E-state index contributed by atoms with van der Waals surface area (Å²) in [6.07, 6.45) is 0.683. The number of piperidine rings is 1. The molecule has 0 bridgehead atoms. The molecule has 2 heterocycles. The number of cyclic esters (lactones) is 1. The molecule has 1 N–H and O–H groups in total. The van der Waals surface area contributed by atoms with Crippen LogP contribution in [0.3, 0.4) is 0 Å². The fourth-order valence-corrected chi connectivity index (χ4v) is 3.61. The van der Waals surface area contributed by atoms with Crippen molar-refractivity contribution in [2.75, 3.05) is 42.5 Å². The molecule has 0 aromatic heterocycles. The van der Waals surface area contributed by atoms with Gasteiger partial charge in [0.25, 0.3) is 0 Å². The second-order valence-corrected chi connectivity index (χ2v) is 6.99. The van der Waals surface area contributed by atoms with Crippen LogP contribution in [0.2, 0.25) is 0 Å². The monoisotopic (exact) mass is 402 g/mol. The number of hydrogen-bond acceptors (Lipinski definition) is 5. The molecule has 2 amide bonds. The highest BCUT2D eigenvalue weighted by Gasteiger charge is 2.34. The van der Waals surface area contributed by atoms with Gasteiger partial charge in [0.05, 0.1) is 30.5 Å². The van der Waals surface area contributed by atoms with E-state index in [0.29, 0.717) is 37.3 Å². The van der Waals surface area contributed by atoms with E-state index >= 15 is 0 Å². The number of carboxylic acid groups (broad SMARTS) is 1. The number of nitrogens with zero attached hydrogens (tertiary/aromatic N) is 4. The lowest BCUT2D eigenvalue weighted by atomic mass is 10.0. The number of amides is 2. The minimum Gasteiger partial charge on any atom is -0.465 e. The van der Waals surface area contributed by atoms with Crippen LogP contribution in [0.15, 0.2) is 29.8 Å². The lowest BCUT2D eigenvalue weighted by molar-refractivity contribution is 0.0987. The average Bonchev–Trinajstić information content (AvgIpc) is 3.07. The van der Waals surface area contributed by atoms with Gasteiger partial charge >= 0.3 is 12.2 Å². The van der Waals surface area contributed by atoms with E-state index in [1.807, 2.05) is 11.0 Å². The zero-order valence-corrected chi connectivity index (χ0v) is 16.2. The SMILES string of the molecule is CCN(CC1CN(c2ccc(N3CCC(=CC#N)CC3)c(F)c2)C(=O)O1)C(=O)O. The van der Waals surface area contributed by atoms with Crippen molar-refractivity contribution in [1.82, 2.24) is 4.90 Å². The molecule has 0 spiro atoms. The van der Waals surface area contributed by atoms with Crippen LogP contribution in [0.5, 0.6) is 0 Å². The van der Waals surface area contributed by atoms with Gasteiger partial charge in [-0.05, 0) is 38.0 Å². The van der Waals surface area contributed by atoms with Crippen LogP contribution in [0, 0.1) is 17.1 Å². The first-order valence-electron chi connectivity index (χ1n) is 9.51. The average molecular weight is 402 g/mol. The van der Waals surface area contributed by atoms with E-state index in [-0.39, 0.29) is 19.6 Å². The van der Waals surface area contributed by atoms with Crippen molar-refractivity contribution in [1.29, 1.82) is 5.26 Å². The highest BCUT2D eigenvalue weighted by Crippen LogP contribution is 2.30. The third-order valence-corrected chi connectivity index (χ3v) is 5.21. The van der Waals surface area contributed by atoms with Crippen molar-refractivity contribution in [2.24, 2.45) is 0 Å². The largest absolute Gasteiger partial charge is 0.465 e. The van der Waals surface area contributed by atoms with Crippen molar-refractivity contribution >= 4 is 23.6 Å². The van der Waals surface area contributed by atoms with Gasteiger partial charge in [0.1, 0.15) is 11.9 Å². The fourth-order valence-electron chi connectivity index (χ4n) is 3.61. The Morgan fingerprint density at radius 2 is 2.17 bits per heavy atom. The standard InChI is InChI=1S/C20H23FN4O4/c1-2-23(19(26)27)12-16-13-25(20(28)29-16)15-3-4-18(17(21)11-15)24-9-6-14(5-8-22)7-10-24/h3-5,11,16H,2,6-7,9-10,12-13H2,1H3,(H,26,27). The predicted octanol–water partition coefficient (Wildman–Crippen LogP) is 3.20. The van der Waals surface area contributed by atoms with Gasteiger partial charge in [-0.2, -0.15) is 5.26 Å². The number of benzene rings is 1. The fraction of sp³-hybridized carbons (Fsp3) is 0.450. The van der Waals surface area contributed by atoms with Gasteiger partial charge in [0.15, 0.2) is 0 Å². The molecular formula is C20H23FN4O4. The maximum absolute atomic E-state index is 14.8. The van der Waals surface area contributed by atoms with Gasteiger partial charge in [-0.25, -0.2) is 14.0 Å². The van der Waals surface area contributed by atoms with Gasteiger partial charge in [-0.3, -0.25) is 4.90 Å². The van der Waals surface area contributed by atoms with E-state index in [4.69, 9.17) is 15.1 Å². The van der Waals surface area contributed by atoms with Crippen LogP contribution >= 0.6 is 0 Å². The highest BCUT2D eigenvalue weighted by molar-refractivity contribution is 5.90. The maximum Gasteiger partial charge on any atom is 0.414 e. The van der Waals surface area contributed by atoms with Crippen LogP contribution in [0.25, 0.3) is 0 Å². The number of anilines is 2. The summed E-state index contributed by atoms with van der Waals surface area (Å²) in [6.45, 7) is 3.47. The molecule has 1 aromatic carbocycles. The van der Waals surface area contributed by atoms with Crippen LogP contribution in [-0.4, -0.2) is 61.0 Å². The quantitative estimate of drug-likeness (QED) is 0.760. The Balaban J connectivity index is 1.67. The molecular weight excluding hydrogens is 379 g/mol. The molecule has 2 aliphatic heterocycles. The third kappa shape index (κ3) is 4.59. The molecule has 0 aliphatic carbocycles. The molecule has 154 valence electrons. The maximum atomic E-state index is 14.8. The molecule has 3 rings (SSSR count). The number of carbonyl (C=O) groups is 2. The second-order valence-electron chi connectivity index (χ2n) is 6.99. The van der Waals surface area contributed by atoms with E-state index in [9.17, 15) is 14.0 Å². The highest BCUT2D eigenvalue weighted by atomic mass is 19.1. The number of allylic oxidation sites excluding steroid dienone is 1. The summed E-state index contributed by atoms with van der Waals surface area (Å²) >= 11 is 0. The minimum absolute atomic E-state index is 0.0704. The van der Waals surface area contributed by atoms with Crippen LogP contribution in [0.4, 0.5) is 25.4 Å². The van der Waals surface area contributed by atoms with E-state index < -0.39 is 24.1 Å². The number of halogens is 1. The number of rotatable bonds is 5. The molecule has 29 heavy (non-hydrogen) atoms. The van der Waals surface area contributed by atoms with E-state index in [1.165, 1.54) is 11.0 Å². The number of nitriles is 1. The van der Waals surface area contributed by atoms with Crippen molar-refractivity contribution < 1.29 is 23.8 Å². The Morgan fingerprint density at radius 1 is 1.45 bits per heavy atom. The molecule has 9 heteroatoms. The summed E-state index contributed by atoms with van der Waals surface area (Å²) in [5, 5.41) is 17.9. The molecule has 2 aliphatic rings. The molecule has 2 saturated heterocycles. The Bertz CT molecular complexity index is 857. The van der Waals surface area contributed by atoms with Crippen LogP contribution in [0.1, 0.15) is 19.8 Å².